The highest BCUT2D eigenvalue weighted by molar-refractivity contribution is 7.10. The van der Waals surface area contributed by atoms with Crippen molar-refractivity contribution in [3.05, 3.63) is 50.2 Å². The number of amides is 5. The van der Waals surface area contributed by atoms with Gasteiger partial charge in [0.15, 0.2) is 0 Å². The molecule has 162 valence electrons. The fourth-order valence-electron chi connectivity index (χ4n) is 3.75. The van der Waals surface area contributed by atoms with Crippen LogP contribution in [0.3, 0.4) is 0 Å². The summed E-state index contributed by atoms with van der Waals surface area (Å²) in [5, 5.41) is 10.2. The molecule has 0 spiro atoms. The standard InChI is InChI=1S/C21H21ClN4O4S/c1-11-5-6-12(7-15(11)22)24-21(30)23-8-17-13-9-26(20(29)14(13)10-31-17)16-3-2-4-18(27)25-19(16)28/h5-7,10,16H,2-4,8-9H2,1H3,(H2,23,24,30)(H,25,27,28). The van der Waals surface area contributed by atoms with Gasteiger partial charge < -0.3 is 15.5 Å². The minimum absolute atomic E-state index is 0.217. The topological polar surface area (TPSA) is 108 Å². The zero-order valence-electron chi connectivity index (χ0n) is 16.8. The zero-order chi connectivity index (χ0) is 22.1. The van der Waals surface area contributed by atoms with Crippen LogP contribution in [0.5, 0.6) is 0 Å². The first kappa shape index (κ1) is 21.3. The first-order chi connectivity index (χ1) is 14.8. The molecule has 0 aliphatic carbocycles. The quantitative estimate of drug-likeness (QED) is 0.609. The van der Waals surface area contributed by atoms with E-state index in [1.807, 2.05) is 13.0 Å². The van der Waals surface area contributed by atoms with Gasteiger partial charge in [0.2, 0.25) is 11.8 Å². The highest BCUT2D eigenvalue weighted by Gasteiger charge is 2.39. The number of fused-ring (bicyclic) bond motifs is 1. The van der Waals surface area contributed by atoms with E-state index in [4.69, 9.17) is 11.6 Å². The Morgan fingerprint density at radius 2 is 2.13 bits per heavy atom. The number of nitrogens with zero attached hydrogens (tertiary/aromatic N) is 1. The van der Waals surface area contributed by atoms with Crippen LogP contribution in [0.1, 0.15) is 45.6 Å². The van der Waals surface area contributed by atoms with Crippen LogP contribution in [0.4, 0.5) is 10.5 Å². The van der Waals surface area contributed by atoms with Crippen LogP contribution in [-0.4, -0.2) is 34.7 Å². The summed E-state index contributed by atoms with van der Waals surface area (Å²) in [6.07, 6.45) is 1.28. The van der Waals surface area contributed by atoms with Crippen molar-refractivity contribution in [1.29, 1.82) is 0 Å². The van der Waals surface area contributed by atoms with Crippen LogP contribution >= 0.6 is 22.9 Å². The third-order valence-corrected chi connectivity index (χ3v) is 6.90. The number of imide groups is 1. The van der Waals surface area contributed by atoms with Gasteiger partial charge in [-0.3, -0.25) is 19.7 Å². The number of rotatable bonds is 4. The number of halogens is 1. The number of nitrogens with one attached hydrogen (secondary N) is 3. The van der Waals surface area contributed by atoms with E-state index >= 15 is 0 Å². The monoisotopic (exact) mass is 460 g/mol. The fraction of sp³-hybridized carbons (Fsp3) is 0.333. The van der Waals surface area contributed by atoms with E-state index in [1.165, 1.54) is 16.2 Å². The molecule has 1 aromatic heterocycles. The predicted molar refractivity (Wildman–Crippen MR) is 117 cm³/mol. The molecule has 4 rings (SSSR count). The molecule has 8 nitrogen and oxygen atoms in total. The highest BCUT2D eigenvalue weighted by Crippen LogP contribution is 2.33. The van der Waals surface area contributed by atoms with E-state index in [0.29, 0.717) is 29.1 Å². The minimum atomic E-state index is -0.660. The van der Waals surface area contributed by atoms with Crippen LogP contribution in [0.25, 0.3) is 0 Å². The number of carbonyl (C=O) groups is 4. The van der Waals surface area contributed by atoms with Gasteiger partial charge in [-0.15, -0.1) is 11.3 Å². The number of hydrogen-bond donors (Lipinski definition) is 3. The summed E-state index contributed by atoms with van der Waals surface area (Å²) in [5.41, 5.74) is 2.87. The summed E-state index contributed by atoms with van der Waals surface area (Å²) in [6, 6.07) is 4.22. The van der Waals surface area contributed by atoms with Crippen LogP contribution in [0.2, 0.25) is 5.02 Å². The molecule has 2 aliphatic rings. The Morgan fingerprint density at radius 1 is 1.32 bits per heavy atom. The minimum Gasteiger partial charge on any atom is -0.333 e. The van der Waals surface area contributed by atoms with E-state index in [0.717, 1.165) is 16.0 Å². The summed E-state index contributed by atoms with van der Waals surface area (Å²) in [4.78, 5) is 51.4. The highest BCUT2D eigenvalue weighted by atomic mass is 35.5. The number of benzene rings is 1. The summed E-state index contributed by atoms with van der Waals surface area (Å²) in [5.74, 6) is -0.953. The Balaban J connectivity index is 1.40. The van der Waals surface area contributed by atoms with Crippen molar-refractivity contribution in [1.82, 2.24) is 15.5 Å². The molecular weight excluding hydrogens is 440 g/mol. The second-order valence-corrected chi connectivity index (χ2v) is 8.95. The van der Waals surface area contributed by atoms with E-state index < -0.39 is 11.9 Å². The van der Waals surface area contributed by atoms with Gasteiger partial charge >= 0.3 is 6.03 Å². The molecule has 5 amide bonds. The summed E-state index contributed by atoms with van der Waals surface area (Å²) in [7, 11) is 0. The van der Waals surface area contributed by atoms with E-state index in [9.17, 15) is 19.2 Å². The van der Waals surface area contributed by atoms with Gasteiger partial charge in [-0.1, -0.05) is 17.7 Å². The number of carbonyl (C=O) groups excluding carboxylic acids is 4. The van der Waals surface area contributed by atoms with E-state index in [1.54, 1.807) is 17.5 Å². The average molecular weight is 461 g/mol. The molecule has 1 unspecified atom stereocenters. The molecule has 31 heavy (non-hydrogen) atoms. The molecule has 1 fully saturated rings. The Hall–Kier alpha value is -2.91. The Bertz CT molecular complexity index is 1080. The second-order valence-electron chi connectivity index (χ2n) is 7.58. The first-order valence-corrected chi connectivity index (χ1v) is 11.1. The molecule has 1 saturated heterocycles. The van der Waals surface area contributed by atoms with Crippen LogP contribution in [0.15, 0.2) is 23.6 Å². The summed E-state index contributed by atoms with van der Waals surface area (Å²) >= 11 is 7.48. The van der Waals surface area contributed by atoms with Crippen molar-refractivity contribution in [2.24, 2.45) is 0 Å². The SMILES string of the molecule is Cc1ccc(NC(=O)NCc2scc3c2CN(C2CCCC(=O)NC2=O)C3=O)cc1Cl. The molecule has 2 aliphatic heterocycles. The molecule has 3 N–H and O–H groups in total. The van der Waals surface area contributed by atoms with Gasteiger partial charge in [0.05, 0.1) is 12.1 Å². The molecule has 3 heterocycles. The average Bonchev–Trinajstić information content (AvgIpc) is 3.21. The maximum absolute atomic E-state index is 12.8. The van der Waals surface area contributed by atoms with Crippen LogP contribution in [0, 0.1) is 6.92 Å². The van der Waals surface area contributed by atoms with Crippen molar-refractivity contribution in [3.8, 4) is 0 Å². The molecule has 2 aromatic rings. The summed E-state index contributed by atoms with van der Waals surface area (Å²) in [6.45, 7) is 2.42. The lowest BCUT2D eigenvalue weighted by Crippen LogP contribution is -2.47. The smallest absolute Gasteiger partial charge is 0.319 e. The lowest BCUT2D eigenvalue weighted by molar-refractivity contribution is -0.132. The molecule has 1 atom stereocenters. The maximum Gasteiger partial charge on any atom is 0.319 e. The first-order valence-electron chi connectivity index (χ1n) is 9.88. The van der Waals surface area contributed by atoms with Crippen molar-refractivity contribution < 1.29 is 19.2 Å². The Labute approximate surface area is 187 Å². The van der Waals surface area contributed by atoms with Gasteiger partial charge in [0.1, 0.15) is 6.04 Å². The number of anilines is 1. The van der Waals surface area contributed by atoms with E-state index in [-0.39, 0.29) is 37.4 Å². The largest absolute Gasteiger partial charge is 0.333 e. The Morgan fingerprint density at radius 3 is 2.90 bits per heavy atom. The fourth-order valence-corrected chi connectivity index (χ4v) is 4.90. The maximum atomic E-state index is 12.8. The number of urea groups is 1. The van der Waals surface area contributed by atoms with Crippen molar-refractivity contribution in [2.45, 2.75) is 45.3 Å². The predicted octanol–water partition coefficient (Wildman–Crippen LogP) is 3.18. The van der Waals surface area contributed by atoms with Gasteiger partial charge in [-0.2, -0.15) is 0 Å². The molecule has 10 heteroatoms. The van der Waals surface area contributed by atoms with Crippen molar-refractivity contribution >= 4 is 52.4 Å². The summed E-state index contributed by atoms with van der Waals surface area (Å²) < 4.78 is 0. The van der Waals surface area contributed by atoms with Crippen LogP contribution < -0.4 is 16.0 Å². The number of hydrogen-bond acceptors (Lipinski definition) is 5. The number of thiophene rings is 1. The van der Waals surface area contributed by atoms with Gasteiger partial charge in [-0.05, 0) is 43.0 Å². The van der Waals surface area contributed by atoms with E-state index in [2.05, 4.69) is 16.0 Å². The lowest BCUT2D eigenvalue weighted by atomic mass is 10.1. The molecule has 0 saturated carbocycles. The molecule has 0 bridgehead atoms. The van der Waals surface area contributed by atoms with Gasteiger partial charge in [-0.25, -0.2) is 4.79 Å². The zero-order valence-corrected chi connectivity index (χ0v) is 18.4. The third-order valence-electron chi connectivity index (χ3n) is 5.46. The molecule has 0 radical (unpaired) electrons. The van der Waals surface area contributed by atoms with Gasteiger partial charge in [0, 0.05) is 33.9 Å². The third kappa shape index (κ3) is 4.42. The lowest BCUT2D eigenvalue weighted by Gasteiger charge is -2.25. The normalized spacial score (nSPS) is 18.5. The van der Waals surface area contributed by atoms with Crippen molar-refractivity contribution in [2.75, 3.05) is 5.32 Å². The number of aryl methyl sites for hydroxylation is 1. The van der Waals surface area contributed by atoms with Gasteiger partial charge in [0.25, 0.3) is 5.91 Å². The second kappa shape index (κ2) is 8.68. The molecular formula is C21H21ClN4O4S. The van der Waals surface area contributed by atoms with Crippen LogP contribution in [-0.2, 0) is 22.7 Å². The molecule has 1 aromatic carbocycles. The Kier molecular flexibility index (Phi) is 5.97. The van der Waals surface area contributed by atoms with Crippen molar-refractivity contribution in [3.63, 3.8) is 0 Å².